The number of allylic oxidation sites excluding steroid dienone is 1. The molecular formula is C25H38. The van der Waals surface area contributed by atoms with Gasteiger partial charge in [-0.2, -0.15) is 0 Å². The van der Waals surface area contributed by atoms with Crippen LogP contribution in [-0.4, -0.2) is 0 Å². The SMILES string of the molecule is C=C(C)c1ccc(C)cc1.CCC(C)CC.Cc1ccc(C)c(C)c1. The van der Waals surface area contributed by atoms with Gasteiger partial charge in [-0.05, 0) is 57.2 Å². The van der Waals surface area contributed by atoms with Crippen molar-refractivity contribution in [3.8, 4) is 0 Å². The van der Waals surface area contributed by atoms with Crippen molar-refractivity contribution in [1.82, 2.24) is 0 Å². The molecule has 0 unspecified atom stereocenters. The van der Waals surface area contributed by atoms with E-state index in [4.69, 9.17) is 0 Å². The Morgan fingerprint density at radius 3 is 1.60 bits per heavy atom. The minimum absolute atomic E-state index is 0.935. The van der Waals surface area contributed by atoms with Crippen LogP contribution in [0.5, 0.6) is 0 Å². The second kappa shape index (κ2) is 12.5. The predicted octanol–water partition coefficient (Wildman–Crippen LogP) is 8.08. The topological polar surface area (TPSA) is 0 Å². The molecule has 0 saturated carbocycles. The van der Waals surface area contributed by atoms with Crippen molar-refractivity contribution in [2.75, 3.05) is 0 Å². The van der Waals surface area contributed by atoms with E-state index in [-0.39, 0.29) is 0 Å². The maximum absolute atomic E-state index is 3.86. The zero-order valence-electron chi connectivity index (χ0n) is 17.7. The second-order valence-electron chi connectivity index (χ2n) is 7.16. The van der Waals surface area contributed by atoms with Gasteiger partial charge in [0, 0.05) is 0 Å². The van der Waals surface area contributed by atoms with Gasteiger partial charge in [-0.15, -0.1) is 0 Å². The third-order valence-electron chi connectivity index (χ3n) is 4.60. The molecule has 0 spiro atoms. The average Bonchev–Trinajstić information content (AvgIpc) is 2.59. The molecule has 0 saturated heterocycles. The van der Waals surface area contributed by atoms with Crippen LogP contribution in [0.1, 0.15) is 68.4 Å². The lowest BCUT2D eigenvalue weighted by molar-refractivity contribution is 0.544. The smallest absolute Gasteiger partial charge is 0.0233 e. The first kappa shape index (κ1) is 23.2. The van der Waals surface area contributed by atoms with Gasteiger partial charge in [-0.3, -0.25) is 0 Å². The summed E-state index contributed by atoms with van der Waals surface area (Å²) in [5, 5.41) is 0. The molecule has 0 bridgehead atoms. The van der Waals surface area contributed by atoms with Crippen molar-refractivity contribution in [2.45, 2.75) is 68.2 Å². The molecule has 0 fully saturated rings. The Labute approximate surface area is 157 Å². The normalized spacial score (nSPS) is 9.64. The van der Waals surface area contributed by atoms with Crippen LogP contribution in [0, 0.1) is 33.6 Å². The molecule has 2 aromatic rings. The number of rotatable bonds is 3. The van der Waals surface area contributed by atoms with Gasteiger partial charge < -0.3 is 0 Å². The summed E-state index contributed by atoms with van der Waals surface area (Å²) in [5.74, 6) is 0.935. The predicted molar refractivity (Wildman–Crippen MR) is 116 cm³/mol. The first-order chi connectivity index (χ1) is 11.7. The molecule has 0 heterocycles. The lowest BCUT2D eigenvalue weighted by Crippen LogP contribution is -1.85. The molecule has 0 N–H and O–H groups in total. The average molecular weight is 339 g/mol. The summed E-state index contributed by atoms with van der Waals surface area (Å²) in [6.45, 7) is 21.1. The molecule has 0 atom stereocenters. The van der Waals surface area contributed by atoms with E-state index in [0.29, 0.717) is 0 Å². The highest BCUT2D eigenvalue weighted by atomic mass is 14.0. The molecule has 0 aliphatic rings. The van der Waals surface area contributed by atoms with Gasteiger partial charge >= 0.3 is 0 Å². The number of hydrogen-bond acceptors (Lipinski definition) is 0. The number of aryl methyl sites for hydroxylation is 4. The Bertz CT molecular complexity index is 613. The molecule has 0 aliphatic heterocycles. The first-order valence-corrected chi connectivity index (χ1v) is 9.47. The van der Waals surface area contributed by atoms with Crippen LogP contribution in [0.3, 0.4) is 0 Å². The van der Waals surface area contributed by atoms with E-state index in [1.54, 1.807) is 0 Å². The lowest BCUT2D eigenvalue weighted by Gasteiger charge is -1.98. The number of hydrogen-bond donors (Lipinski definition) is 0. The Kier molecular flexibility index (Phi) is 11.6. The molecule has 0 aliphatic carbocycles. The molecule has 0 nitrogen and oxygen atoms in total. The summed E-state index contributed by atoms with van der Waals surface area (Å²) in [4.78, 5) is 0. The fraction of sp³-hybridized carbons (Fsp3) is 0.440. The van der Waals surface area contributed by atoms with Gasteiger partial charge in [0.25, 0.3) is 0 Å². The molecule has 25 heavy (non-hydrogen) atoms. The summed E-state index contributed by atoms with van der Waals surface area (Å²) in [6.07, 6.45) is 2.66. The van der Waals surface area contributed by atoms with Crippen molar-refractivity contribution in [2.24, 2.45) is 5.92 Å². The van der Waals surface area contributed by atoms with Gasteiger partial charge in [0.1, 0.15) is 0 Å². The quantitative estimate of drug-likeness (QED) is 0.530. The van der Waals surface area contributed by atoms with E-state index < -0.39 is 0 Å². The summed E-state index contributed by atoms with van der Waals surface area (Å²) in [6, 6.07) is 14.9. The minimum Gasteiger partial charge on any atom is -0.0955 e. The second-order valence-corrected chi connectivity index (χ2v) is 7.16. The molecule has 2 rings (SSSR count). The van der Waals surface area contributed by atoms with Crippen LogP contribution >= 0.6 is 0 Å². The van der Waals surface area contributed by atoms with Crippen molar-refractivity contribution in [1.29, 1.82) is 0 Å². The highest BCUT2D eigenvalue weighted by Crippen LogP contribution is 2.11. The maximum atomic E-state index is 3.86. The Morgan fingerprint density at radius 2 is 1.28 bits per heavy atom. The fourth-order valence-corrected chi connectivity index (χ4v) is 2.02. The molecular weight excluding hydrogens is 300 g/mol. The largest absolute Gasteiger partial charge is 0.0955 e. The fourth-order valence-electron chi connectivity index (χ4n) is 2.02. The van der Waals surface area contributed by atoms with Crippen LogP contribution in [0.25, 0.3) is 5.57 Å². The highest BCUT2D eigenvalue weighted by Gasteiger charge is 1.90. The van der Waals surface area contributed by atoms with Crippen molar-refractivity contribution in [3.05, 3.63) is 76.9 Å². The number of benzene rings is 2. The van der Waals surface area contributed by atoms with E-state index in [1.807, 2.05) is 6.92 Å². The van der Waals surface area contributed by atoms with Crippen LogP contribution in [0.15, 0.2) is 49.0 Å². The molecule has 2 aromatic carbocycles. The molecule has 138 valence electrons. The summed E-state index contributed by atoms with van der Waals surface area (Å²) in [5.41, 5.74) is 7.75. The Balaban J connectivity index is 0.000000358. The standard InChI is InChI=1S/C10H12.C9H12.C6H14/c1-8(2)10-6-4-9(3)5-7-10;1-7-4-5-8(2)9(3)6-7;1-4-6(3)5-2/h4-7H,1H2,2-3H3;4-6H,1-3H3;6H,4-5H2,1-3H3. The Hall–Kier alpha value is -1.82. The van der Waals surface area contributed by atoms with Crippen LogP contribution < -0.4 is 0 Å². The van der Waals surface area contributed by atoms with Crippen molar-refractivity contribution in [3.63, 3.8) is 0 Å². The monoisotopic (exact) mass is 338 g/mol. The van der Waals surface area contributed by atoms with Crippen molar-refractivity contribution < 1.29 is 0 Å². The zero-order chi connectivity index (χ0) is 19.4. The molecule has 0 heteroatoms. The van der Waals surface area contributed by atoms with Gasteiger partial charge in [0.05, 0.1) is 0 Å². The Morgan fingerprint density at radius 1 is 0.800 bits per heavy atom. The van der Waals surface area contributed by atoms with Crippen LogP contribution in [0.2, 0.25) is 0 Å². The minimum atomic E-state index is 0.935. The lowest BCUT2D eigenvalue weighted by atomic mass is 10.1. The van der Waals surface area contributed by atoms with Crippen LogP contribution in [-0.2, 0) is 0 Å². The van der Waals surface area contributed by atoms with Gasteiger partial charge in [0.15, 0.2) is 0 Å². The third-order valence-corrected chi connectivity index (χ3v) is 4.60. The van der Waals surface area contributed by atoms with E-state index in [1.165, 1.54) is 40.7 Å². The highest BCUT2D eigenvalue weighted by molar-refractivity contribution is 5.61. The summed E-state index contributed by atoms with van der Waals surface area (Å²) >= 11 is 0. The molecule has 0 radical (unpaired) electrons. The first-order valence-electron chi connectivity index (χ1n) is 9.47. The van der Waals surface area contributed by atoms with E-state index in [0.717, 1.165) is 11.5 Å². The van der Waals surface area contributed by atoms with E-state index in [2.05, 4.69) is 97.5 Å². The van der Waals surface area contributed by atoms with Gasteiger partial charge in [0.2, 0.25) is 0 Å². The van der Waals surface area contributed by atoms with Gasteiger partial charge in [-0.25, -0.2) is 0 Å². The third kappa shape index (κ3) is 10.6. The van der Waals surface area contributed by atoms with Crippen LogP contribution in [0.4, 0.5) is 0 Å². The summed E-state index contributed by atoms with van der Waals surface area (Å²) < 4.78 is 0. The van der Waals surface area contributed by atoms with E-state index in [9.17, 15) is 0 Å². The van der Waals surface area contributed by atoms with E-state index >= 15 is 0 Å². The van der Waals surface area contributed by atoms with Crippen molar-refractivity contribution >= 4 is 5.57 Å². The zero-order valence-corrected chi connectivity index (χ0v) is 17.7. The maximum Gasteiger partial charge on any atom is -0.0233 e. The summed E-state index contributed by atoms with van der Waals surface area (Å²) in [7, 11) is 0. The molecule has 0 aromatic heterocycles. The molecule has 0 amide bonds. The van der Waals surface area contributed by atoms with Gasteiger partial charge in [-0.1, -0.05) is 99.4 Å².